The Bertz CT molecular complexity index is 892. The summed E-state index contributed by atoms with van der Waals surface area (Å²) in [6.45, 7) is 0. The Balaban J connectivity index is 2.11. The van der Waals surface area contributed by atoms with Gasteiger partial charge in [0.2, 0.25) is 0 Å². The molecular formula is C24H25F3N2. The molecular weight excluding hydrogens is 373 g/mol. The molecule has 3 aromatic rings. The molecule has 0 N–H and O–H groups in total. The van der Waals surface area contributed by atoms with E-state index >= 15 is 0 Å². The fraction of sp³-hybridized carbons (Fsp3) is 0.250. The minimum atomic E-state index is -4.37. The summed E-state index contributed by atoms with van der Waals surface area (Å²) >= 11 is 0. The molecule has 0 unspecified atom stereocenters. The number of nitrogens with zero attached hydrogens (tertiary/aromatic N) is 2. The summed E-state index contributed by atoms with van der Waals surface area (Å²) in [6.07, 6.45) is -4.37. The molecule has 29 heavy (non-hydrogen) atoms. The number of alkyl halides is 3. The second-order valence-electron chi connectivity index (χ2n) is 7.53. The third kappa shape index (κ3) is 4.73. The smallest absolute Gasteiger partial charge is 0.378 e. The quantitative estimate of drug-likeness (QED) is 0.485. The molecule has 0 saturated heterocycles. The Hall–Kier alpha value is -2.95. The van der Waals surface area contributed by atoms with Gasteiger partial charge in [-0.1, -0.05) is 42.5 Å². The van der Waals surface area contributed by atoms with Crippen molar-refractivity contribution in [3.05, 3.63) is 95.1 Å². The van der Waals surface area contributed by atoms with Crippen molar-refractivity contribution in [1.29, 1.82) is 0 Å². The predicted molar refractivity (Wildman–Crippen MR) is 114 cm³/mol. The van der Waals surface area contributed by atoms with Crippen molar-refractivity contribution in [1.82, 2.24) is 0 Å². The van der Waals surface area contributed by atoms with Gasteiger partial charge in [-0.3, -0.25) is 0 Å². The van der Waals surface area contributed by atoms with E-state index in [9.17, 15) is 13.2 Å². The van der Waals surface area contributed by atoms with Crippen LogP contribution in [0, 0.1) is 0 Å². The zero-order chi connectivity index (χ0) is 21.2. The maximum atomic E-state index is 13.3. The van der Waals surface area contributed by atoms with Gasteiger partial charge in [0.15, 0.2) is 0 Å². The lowest BCUT2D eigenvalue weighted by atomic mass is 9.84. The number of rotatable bonds is 5. The molecule has 0 amide bonds. The van der Waals surface area contributed by atoms with Crippen molar-refractivity contribution < 1.29 is 13.2 Å². The molecule has 0 fully saturated rings. The first kappa shape index (κ1) is 20.8. The standard InChI is InChI=1S/C24H25F3N2/c1-28(2)21-12-8-17(9-13-21)23(18-10-14-22(15-11-18)29(3)4)19-6-5-7-20(16-19)24(25,26)27/h5-16,23H,1-4H3. The van der Waals surface area contributed by atoms with Crippen molar-refractivity contribution >= 4 is 11.4 Å². The van der Waals surface area contributed by atoms with E-state index in [-0.39, 0.29) is 5.92 Å². The van der Waals surface area contributed by atoms with Crippen molar-refractivity contribution in [2.75, 3.05) is 38.0 Å². The maximum absolute atomic E-state index is 13.3. The molecule has 0 heterocycles. The Morgan fingerprint density at radius 1 is 0.621 bits per heavy atom. The fourth-order valence-corrected chi connectivity index (χ4v) is 3.40. The summed E-state index contributed by atoms with van der Waals surface area (Å²) in [5, 5.41) is 0. The van der Waals surface area contributed by atoms with Crippen LogP contribution in [0.2, 0.25) is 0 Å². The molecule has 0 aromatic heterocycles. The third-order valence-electron chi connectivity index (χ3n) is 5.03. The highest BCUT2D eigenvalue weighted by molar-refractivity contribution is 5.53. The summed E-state index contributed by atoms with van der Waals surface area (Å²) in [5.41, 5.74) is 3.98. The molecule has 0 spiro atoms. The first-order valence-electron chi connectivity index (χ1n) is 9.38. The zero-order valence-electron chi connectivity index (χ0n) is 17.0. The third-order valence-corrected chi connectivity index (χ3v) is 5.03. The molecule has 0 saturated carbocycles. The zero-order valence-corrected chi connectivity index (χ0v) is 17.0. The highest BCUT2D eigenvalue weighted by Crippen LogP contribution is 2.37. The van der Waals surface area contributed by atoms with Gasteiger partial charge < -0.3 is 9.80 Å². The van der Waals surface area contributed by atoms with Crippen LogP contribution in [0.25, 0.3) is 0 Å². The van der Waals surface area contributed by atoms with Gasteiger partial charge in [-0.2, -0.15) is 13.2 Å². The van der Waals surface area contributed by atoms with Crippen LogP contribution < -0.4 is 9.80 Å². The number of hydrogen-bond acceptors (Lipinski definition) is 2. The van der Waals surface area contributed by atoms with Crippen LogP contribution in [0.15, 0.2) is 72.8 Å². The average Bonchev–Trinajstić information content (AvgIpc) is 2.68. The molecule has 152 valence electrons. The molecule has 0 aliphatic heterocycles. The molecule has 0 aliphatic carbocycles. The lowest BCUT2D eigenvalue weighted by Crippen LogP contribution is -2.11. The fourth-order valence-electron chi connectivity index (χ4n) is 3.40. The summed E-state index contributed by atoms with van der Waals surface area (Å²) in [6, 6.07) is 21.5. The van der Waals surface area contributed by atoms with Gasteiger partial charge in [0, 0.05) is 45.5 Å². The molecule has 3 rings (SSSR count). The van der Waals surface area contributed by atoms with Gasteiger partial charge in [0.25, 0.3) is 0 Å². The normalized spacial score (nSPS) is 11.6. The van der Waals surface area contributed by atoms with Crippen molar-refractivity contribution in [2.24, 2.45) is 0 Å². The minimum Gasteiger partial charge on any atom is -0.378 e. The van der Waals surface area contributed by atoms with Gasteiger partial charge >= 0.3 is 6.18 Å². The first-order chi connectivity index (χ1) is 13.7. The van der Waals surface area contributed by atoms with E-state index in [2.05, 4.69) is 0 Å². The largest absolute Gasteiger partial charge is 0.416 e. The van der Waals surface area contributed by atoms with Crippen LogP contribution in [0.3, 0.4) is 0 Å². The number of halogens is 3. The van der Waals surface area contributed by atoms with Gasteiger partial charge in [-0.15, -0.1) is 0 Å². The Morgan fingerprint density at radius 3 is 1.45 bits per heavy atom. The minimum absolute atomic E-state index is 0.287. The van der Waals surface area contributed by atoms with Gasteiger partial charge in [-0.05, 0) is 47.0 Å². The lowest BCUT2D eigenvalue weighted by molar-refractivity contribution is -0.137. The van der Waals surface area contributed by atoms with E-state index < -0.39 is 11.7 Å². The van der Waals surface area contributed by atoms with Crippen molar-refractivity contribution in [2.45, 2.75) is 12.1 Å². The Kier molecular flexibility index (Phi) is 5.87. The SMILES string of the molecule is CN(C)c1ccc(C(c2ccc(N(C)C)cc2)c2cccc(C(F)(F)F)c2)cc1. The van der Waals surface area contributed by atoms with Gasteiger partial charge in [-0.25, -0.2) is 0 Å². The lowest BCUT2D eigenvalue weighted by Gasteiger charge is -2.22. The second kappa shape index (κ2) is 8.19. The number of hydrogen-bond donors (Lipinski definition) is 0. The van der Waals surface area contributed by atoms with Crippen molar-refractivity contribution in [3.8, 4) is 0 Å². The van der Waals surface area contributed by atoms with Crippen LogP contribution in [0.1, 0.15) is 28.2 Å². The molecule has 0 atom stereocenters. The summed E-state index contributed by atoms with van der Waals surface area (Å²) in [5.74, 6) is -0.287. The molecule has 2 nitrogen and oxygen atoms in total. The number of anilines is 2. The van der Waals surface area contributed by atoms with Crippen LogP contribution in [0.4, 0.5) is 24.5 Å². The van der Waals surface area contributed by atoms with E-state index in [0.29, 0.717) is 5.56 Å². The maximum Gasteiger partial charge on any atom is 0.416 e. The van der Waals surface area contributed by atoms with E-state index in [0.717, 1.165) is 28.6 Å². The van der Waals surface area contributed by atoms with Crippen LogP contribution in [0.5, 0.6) is 0 Å². The highest BCUT2D eigenvalue weighted by Gasteiger charge is 2.31. The van der Waals surface area contributed by atoms with Crippen LogP contribution in [-0.2, 0) is 6.18 Å². The average molecular weight is 398 g/mol. The van der Waals surface area contributed by atoms with Gasteiger partial charge in [0.1, 0.15) is 0 Å². The van der Waals surface area contributed by atoms with Crippen LogP contribution in [-0.4, -0.2) is 28.2 Å². The molecule has 5 heteroatoms. The number of benzene rings is 3. The van der Waals surface area contributed by atoms with Crippen molar-refractivity contribution in [3.63, 3.8) is 0 Å². The molecule has 0 aliphatic rings. The van der Waals surface area contributed by atoms with E-state index in [4.69, 9.17) is 0 Å². The summed E-state index contributed by atoms with van der Waals surface area (Å²) in [4.78, 5) is 3.99. The highest BCUT2D eigenvalue weighted by atomic mass is 19.4. The topological polar surface area (TPSA) is 6.48 Å². The molecule has 0 radical (unpaired) electrons. The molecule has 0 bridgehead atoms. The summed E-state index contributed by atoms with van der Waals surface area (Å²) in [7, 11) is 7.83. The molecule has 3 aromatic carbocycles. The Morgan fingerprint density at radius 2 is 1.07 bits per heavy atom. The monoisotopic (exact) mass is 398 g/mol. The predicted octanol–water partition coefficient (Wildman–Crippen LogP) is 6.02. The first-order valence-corrected chi connectivity index (χ1v) is 9.38. The van der Waals surface area contributed by atoms with E-state index in [1.807, 2.05) is 86.5 Å². The van der Waals surface area contributed by atoms with E-state index in [1.54, 1.807) is 6.07 Å². The van der Waals surface area contributed by atoms with Gasteiger partial charge in [0.05, 0.1) is 5.56 Å². The van der Waals surface area contributed by atoms with E-state index in [1.165, 1.54) is 12.1 Å². The summed E-state index contributed by atoms with van der Waals surface area (Å²) < 4.78 is 39.9. The van der Waals surface area contributed by atoms with Crippen LogP contribution >= 0.6 is 0 Å². The second-order valence-corrected chi connectivity index (χ2v) is 7.53. The Labute approximate surface area is 170 Å².